The number of hydrogen-bond acceptors (Lipinski definition) is 2. The minimum atomic E-state index is -0.113. The highest BCUT2D eigenvalue weighted by atomic mass is 79.9. The molecule has 1 aromatic rings. The Hall–Kier alpha value is -0.580. The summed E-state index contributed by atoms with van der Waals surface area (Å²) in [6.45, 7) is 0. The van der Waals surface area contributed by atoms with E-state index in [0.29, 0.717) is 10.6 Å². The van der Waals surface area contributed by atoms with Crippen molar-refractivity contribution in [1.82, 2.24) is 5.32 Å². The SMILES string of the molecule is COC1CCCC1NC(=O)c1cc(Cl)ccc1Br. The van der Waals surface area contributed by atoms with Gasteiger partial charge in [0.2, 0.25) is 0 Å². The number of carbonyl (C=O) groups excluding carboxylic acids is 1. The van der Waals surface area contributed by atoms with E-state index < -0.39 is 0 Å². The van der Waals surface area contributed by atoms with Crippen LogP contribution in [0.5, 0.6) is 0 Å². The highest BCUT2D eigenvalue weighted by molar-refractivity contribution is 9.10. The molecule has 2 atom stereocenters. The molecule has 0 radical (unpaired) electrons. The molecular weight excluding hydrogens is 318 g/mol. The molecule has 1 aromatic carbocycles. The van der Waals surface area contributed by atoms with E-state index in [9.17, 15) is 4.79 Å². The van der Waals surface area contributed by atoms with Crippen molar-refractivity contribution in [3.05, 3.63) is 33.3 Å². The van der Waals surface area contributed by atoms with Crippen molar-refractivity contribution in [2.75, 3.05) is 7.11 Å². The van der Waals surface area contributed by atoms with Crippen LogP contribution in [0.1, 0.15) is 29.6 Å². The molecule has 5 heteroatoms. The van der Waals surface area contributed by atoms with Gasteiger partial charge in [0.1, 0.15) is 0 Å². The van der Waals surface area contributed by atoms with Crippen LogP contribution < -0.4 is 5.32 Å². The van der Waals surface area contributed by atoms with Crippen molar-refractivity contribution in [2.24, 2.45) is 0 Å². The molecule has 18 heavy (non-hydrogen) atoms. The van der Waals surface area contributed by atoms with Crippen molar-refractivity contribution < 1.29 is 9.53 Å². The highest BCUT2D eigenvalue weighted by Crippen LogP contribution is 2.24. The molecule has 0 saturated heterocycles. The van der Waals surface area contributed by atoms with E-state index in [0.717, 1.165) is 23.7 Å². The van der Waals surface area contributed by atoms with E-state index in [1.807, 2.05) is 0 Å². The summed E-state index contributed by atoms with van der Waals surface area (Å²) in [5.41, 5.74) is 0.559. The van der Waals surface area contributed by atoms with Crippen LogP contribution in [0.3, 0.4) is 0 Å². The first-order chi connectivity index (χ1) is 8.61. The highest BCUT2D eigenvalue weighted by Gasteiger charge is 2.29. The Kier molecular flexibility index (Phi) is 4.65. The third-order valence-corrected chi connectivity index (χ3v) is 4.17. The molecule has 0 aliphatic heterocycles. The van der Waals surface area contributed by atoms with E-state index in [2.05, 4.69) is 21.2 Å². The maximum atomic E-state index is 12.2. The summed E-state index contributed by atoms with van der Waals surface area (Å²) in [5.74, 6) is -0.113. The molecule has 0 bridgehead atoms. The maximum Gasteiger partial charge on any atom is 0.252 e. The average Bonchev–Trinajstić information content (AvgIpc) is 2.79. The molecule has 0 spiro atoms. The molecule has 1 saturated carbocycles. The lowest BCUT2D eigenvalue weighted by Crippen LogP contribution is -2.40. The van der Waals surface area contributed by atoms with Gasteiger partial charge in [0.25, 0.3) is 5.91 Å². The Balaban J connectivity index is 2.09. The van der Waals surface area contributed by atoms with Gasteiger partial charge < -0.3 is 10.1 Å². The van der Waals surface area contributed by atoms with Gasteiger partial charge in [-0.3, -0.25) is 4.79 Å². The lowest BCUT2D eigenvalue weighted by atomic mass is 10.1. The fourth-order valence-corrected chi connectivity index (χ4v) is 2.89. The Bertz CT molecular complexity index is 453. The van der Waals surface area contributed by atoms with Crippen LogP contribution in [0.25, 0.3) is 0 Å². The summed E-state index contributed by atoms with van der Waals surface area (Å²) in [6.07, 6.45) is 3.16. The summed E-state index contributed by atoms with van der Waals surface area (Å²) in [7, 11) is 1.68. The zero-order valence-corrected chi connectivity index (χ0v) is 12.4. The molecule has 98 valence electrons. The first kappa shape index (κ1) is 13.8. The van der Waals surface area contributed by atoms with Gasteiger partial charge in [0, 0.05) is 16.6 Å². The van der Waals surface area contributed by atoms with Crippen LogP contribution in [-0.4, -0.2) is 25.2 Å². The minimum Gasteiger partial charge on any atom is -0.379 e. The molecule has 1 aliphatic carbocycles. The molecule has 0 heterocycles. The van der Waals surface area contributed by atoms with Crippen molar-refractivity contribution in [1.29, 1.82) is 0 Å². The Morgan fingerprint density at radius 3 is 3.00 bits per heavy atom. The summed E-state index contributed by atoms with van der Waals surface area (Å²) >= 11 is 9.27. The fourth-order valence-electron chi connectivity index (χ4n) is 2.29. The van der Waals surface area contributed by atoms with Crippen molar-refractivity contribution in [2.45, 2.75) is 31.4 Å². The molecule has 2 rings (SSSR count). The molecule has 3 nitrogen and oxygen atoms in total. The Morgan fingerprint density at radius 2 is 2.28 bits per heavy atom. The average molecular weight is 333 g/mol. The zero-order valence-electron chi connectivity index (χ0n) is 10.1. The Morgan fingerprint density at radius 1 is 1.50 bits per heavy atom. The molecule has 1 N–H and O–H groups in total. The summed E-state index contributed by atoms with van der Waals surface area (Å²) in [4.78, 5) is 12.2. The second-order valence-electron chi connectivity index (χ2n) is 4.41. The second kappa shape index (κ2) is 6.04. The third kappa shape index (κ3) is 3.05. The maximum absolute atomic E-state index is 12.2. The van der Waals surface area contributed by atoms with E-state index in [-0.39, 0.29) is 18.1 Å². The van der Waals surface area contributed by atoms with Gasteiger partial charge in [-0.25, -0.2) is 0 Å². The predicted molar refractivity (Wildman–Crippen MR) is 75.1 cm³/mol. The van der Waals surface area contributed by atoms with Gasteiger partial charge in [0.05, 0.1) is 17.7 Å². The zero-order chi connectivity index (χ0) is 13.1. The number of amides is 1. The van der Waals surface area contributed by atoms with Crippen molar-refractivity contribution >= 4 is 33.4 Å². The van der Waals surface area contributed by atoms with Gasteiger partial charge in [-0.05, 0) is 53.4 Å². The molecule has 1 fully saturated rings. The number of nitrogens with one attached hydrogen (secondary N) is 1. The molecule has 0 aromatic heterocycles. The Labute approximate surface area is 120 Å². The largest absolute Gasteiger partial charge is 0.379 e. The van der Waals surface area contributed by atoms with Crippen LogP contribution in [0.15, 0.2) is 22.7 Å². The molecule has 1 aliphatic rings. The first-order valence-electron chi connectivity index (χ1n) is 5.90. The topological polar surface area (TPSA) is 38.3 Å². The summed E-state index contributed by atoms with van der Waals surface area (Å²) < 4.78 is 6.11. The molecular formula is C13H15BrClNO2. The van der Waals surface area contributed by atoms with Gasteiger partial charge in [0.15, 0.2) is 0 Å². The molecule has 1 amide bonds. The second-order valence-corrected chi connectivity index (χ2v) is 5.70. The lowest BCUT2D eigenvalue weighted by molar-refractivity contribution is 0.0722. The standard InChI is InChI=1S/C13H15BrClNO2/c1-18-12-4-2-3-11(12)16-13(17)9-7-8(15)5-6-10(9)14/h5-7,11-12H,2-4H2,1H3,(H,16,17). The van der Waals surface area contributed by atoms with Crippen molar-refractivity contribution in [3.63, 3.8) is 0 Å². The monoisotopic (exact) mass is 331 g/mol. The molecule has 2 unspecified atom stereocenters. The number of hydrogen-bond donors (Lipinski definition) is 1. The minimum absolute atomic E-state index is 0.0911. The quantitative estimate of drug-likeness (QED) is 0.921. The van der Waals surface area contributed by atoms with Crippen molar-refractivity contribution in [3.8, 4) is 0 Å². The normalized spacial score (nSPS) is 23.1. The number of methoxy groups -OCH3 is 1. The van der Waals surface area contributed by atoms with Crippen LogP contribution in [0.2, 0.25) is 5.02 Å². The van der Waals surface area contributed by atoms with E-state index in [4.69, 9.17) is 16.3 Å². The van der Waals surface area contributed by atoms with E-state index in [1.54, 1.807) is 25.3 Å². The van der Waals surface area contributed by atoms with Gasteiger partial charge in [-0.1, -0.05) is 11.6 Å². The van der Waals surface area contributed by atoms with Gasteiger partial charge in [-0.2, -0.15) is 0 Å². The predicted octanol–water partition coefficient (Wildman–Crippen LogP) is 3.40. The number of halogens is 2. The van der Waals surface area contributed by atoms with Crippen LogP contribution in [0, 0.1) is 0 Å². The lowest BCUT2D eigenvalue weighted by Gasteiger charge is -2.20. The van der Waals surface area contributed by atoms with Gasteiger partial charge >= 0.3 is 0 Å². The van der Waals surface area contributed by atoms with Crippen LogP contribution in [0.4, 0.5) is 0 Å². The first-order valence-corrected chi connectivity index (χ1v) is 7.07. The smallest absolute Gasteiger partial charge is 0.252 e. The van der Waals surface area contributed by atoms with Crippen LogP contribution in [-0.2, 0) is 4.74 Å². The number of rotatable bonds is 3. The fraction of sp³-hybridized carbons (Fsp3) is 0.462. The van der Waals surface area contributed by atoms with Gasteiger partial charge in [-0.15, -0.1) is 0 Å². The number of ether oxygens (including phenoxy) is 1. The van der Waals surface area contributed by atoms with Crippen LogP contribution >= 0.6 is 27.5 Å². The van der Waals surface area contributed by atoms with E-state index >= 15 is 0 Å². The number of benzene rings is 1. The number of carbonyl (C=O) groups is 1. The third-order valence-electron chi connectivity index (χ3n) is 3.24. The summed E-state index contributed by atoms with van der Waals surface area (Å²) in [6, 6.07) is 5.28. The van der Waals surface area contributed by atoms with E-state index in [1.165, 1.54) is 0 Å². The summed E-state index contributed by atoms with van der Waals surface area (Å²) in [5, 5.41) is 3.57.